The van der Waals surface area contributed by atoms with Crippen LogP contribution < -0.4 is 4.74 Å². The quantitative estimate of drug-likeness (QED) is 0.0607. The number of carbonyl (C=O) groups is 2. The highest BCUT2D eigenvalue weighted by Gasteiger charge is 2.55. The summed E-state index contributed by atoms with van der Waals surface area (Å²) in [6.45, 7) is 47.0. The van der Waals surface area contributed by atoms with E-state index in [1.54, 1.807) is 0 Å². The molecule has 7 rings (SSSR count). The van der Waals surface area contributed by atoms with E-state index in [-0.39, 0.29) is 43.3 Å². The van der Waals surface area contributed by atoms with Gasteiger partial charge in [0.25, 0.3) is 0 Å². The molecule has 5 aromatic carbocycles. The molecule has 344 valence electrons. The molecule has 0 aromatic heterocycles. The molecule has 0 spiro atoms. The Balaban J connectivity index is 1.76. The topological polar surface area (TPSA) is 52.6 Å². The molecule has 4 nitrogen and oxygen atoms in total. The summed E-state index contributed by atoms with van der Waals surface area (Å²) in [6, 6.07) is 15.3. The van der Waals surface area contributed by atoms with E-state index in [2.05, 4.69) is 187 Å². The number of hydrogen-bond donors (Lipinski definition) is 0. The molecule has 1 aliphatic heterocycles. The molecule has 0 amide bonds. The van der Waals surface area contributed by atoms with E-state index >= 15 is 0 Å². The van der Waals surface area contributed by atoms with Gasteiger partial charge in [-0.05, 0) is 119 Å². The van der Waals surface area contributed by atoms with Gasteiger partial charge in [-0.1, -0.05) is 187 Å². The Labute approximate surface area is 386 Å². The minimum atomic E-state index is -0.807. The van der Waals surface area contributed by atoms with Gasteiger partial charge in [0.2, 0.25) is 0 Å². The number of allylic oxidation sites excluding steroid dienone is 2. The van der Waals surface area contributed by atoms with Crippen molar-refractivity contribution in [2.45, 2.75) is 187 Å². The van der Waals surface area contributed by atoms with Gasteiger partial charge in [-0.15, -0.1) is 0 Å². The van der Waals surface area contributed by atoms with Crippen molar-refractivity contribution >= 4 is 55.0 Å². The van der Waals surface area contributed by atoms with Crippen LogP contribution in [0.25, 0.3) is 43.1 Å². The van der Waals surface area contributed by atoms with Crippen LogP contribution in [-0.2, 0) is 15.6 Å². The highest BCUT2D eigenvalue weighted by molar-refractivity contribution is 6.39. The number of cyclic esters (lactones) is 2. The first kappa shape index (κ1) is 47.8. The molecule has 0 radical (unpaired) electrons. The average molecular weight is 865 g/mol. The number of carbonyl (C=O) groups excluding carboxylic acids is 2. The summed E-state index contributed by atoms with van der Waals surface area (Å²) in [7, 11) is 0. The summed E-state index contributed by atoms with van der Waals surface area (Å²) in [5.41, 5.74) is 2.83. The predicted molar refractivity (Wildman–Crippen MR) is 272 cm³/mol. The molecule has 4 heteroatoms. The molecule has 0 fully saturated rings. The largest absolute Gasteiger partial charge is 0.481 e. The predicted octanol–water partition coefficient (Wildman–Crippen LogP) is 17.4. The lowest BCUT2D eigenvalue weighted by Crippen LogP contribution is -2.56. The van der Waals surface area contributed by atoms with Crippen molar-refractivity contribution in [2.75, 3.05) is 0 Å². The summed E-state index contributed by atoms with van der Waals surface area (Å²) < 4.78 is 13.8. The molecule has 0 saturated heterocycles. The Kier molecular flexibility index (Phi) is 11.1. The maximum atomic E-state index is 14.4. The van der Waals surface area contributed by atoms with E-state index in [0.29, 0.717) is 28.7 Å². The second-order valence-electron chi connectivity index (χ2n) is 27.6. The zero-order chi connectivity index (χ0) is 47.8. The standard InChI is InChI=1S/C60H80O4/c1-52(2,3)32-56(13,14)40-28-24-36-25-29-41(57(15,16)33-53(4,5)6)48-44(36)46(40)37-26-27-38-45-39(51(62)63-50(38)61)31-42(49(48)47(37)45)64-60(59(19,20)35-55(10,11)12)30-22-21-23-43(60)58(17,18)34-54(7,8)9/h21-29,31H,30,32-35H2,1-20H3. The van der Waals surface area contributed by atoms with Crippen molar-refractivity contribution in [3.63, 3.8) is 0 Å². The molecule has 2 aliphatic rings. The summed E-state index contributed by atoms with van der Waals surface area (Å²) in [5.74, 6) is -0.552. The monoisotopic (exact) mass is 865 g/mol. The van der Waals surface area contributed by atoms with Crippen LogP contribution in [0, 0.1) is 32.5 Å². The average Bonchev–Trinajstić information content (AvgIpc) is 3.08. The van der Waals surface area contributed by atoms with Crippen LogP contribution in [0.2, 0.25) is 0 Å². The Hall–Kier alpha value is -4.18. The van der Waals surface area contributed by atoms with Gasteiger partial charge in [0, 0.05) is 28.0 Å². The van der Waals surface area contributed by atoms with Crippen molar-refractivity contribution in [3.05, 3.63) is 88.5 Å². The minimum Gasteiger partial charge on any atom is -0.481 e. The van der Waals surface area contributed by atoms with Crippen LogP contribution in [0.4, 0.5) is 0 Å². The smallest absolute Gasteiger partial charge is 0.346 e. The van der Waals surface area contributed by atoms with Gasteiger partial charge in [0.05, 0.1) is 11.1 Å². The van der Waals surface area contributed by atoms with Crippen LogP contribution in [0.1, 0.15) is 202 Å². The fraction of sp³-hybridized carbons (Fsp3) is 0.567. The molecule has 0 saturated carbocycles. The van der Waals surface area contributed by atoms with Crippen LogP contribution >= 0.6 is 0 Å². The van der Waals surface area contributed by atoms with Crippen LogP contribution in [-0.4, -0.2) is 17.5 Å². The molecule has 1 unspecified atom stereocenters. The SMILES string of the molecule is CC(C)(C)CC(C)(C)C1=CC=CCC1(Oc1cc2c3c(ccc4c5c(C(C)(C)CC(C)(C)C)ccc6ccc(C(C)(C)CC(C)(C)C)c(c1c34)c65)C(=O)OC2=O)C(C)(C)CC(C)(C)C. The molecular formula is C60H80O4. The van der Waals surface area contributed by atoms with Gasteiger partial charge in [-0.2, -0.15) is 0 Å². The fourth-order valence-electron chi connectivity index (χ4n) is 13.9. The summed E-state index contributed by atoms with van der Waals surface area (Å²) >= 11 is 0. The Morgan fingerprint density at radius 2 is 1.02 bits per heavy atom. The van der Waals surface area contributed by atoms with E-state index in [4.69, 9.17) is 9.47 Å². The molecule has 1 atom stereocenters. The van der Waals surface area contributed by atoms with E-state index < -0.39 is 17.5 Å². The molecule has 0 N–H and O–H groups in total. The maximum absolute atomic E-state index is 14.4. The van der Waals surface area contributed by atoms with Gasteiger partial charge < -0.3 is 9.47 Å². The van der Waals surface area contributed by atoms with Gasteiger partial charge >= 0.3 is 11.9 Å². The lowest BCUT2D eigenvalue weighted by Gasteiger charge is -2.55. The number of rotatable bonds is 10. The highest BCUT2D eigenvalue weighted by atomic mass is 16.6. The zero-order valence-corrected chi connectivity index (χ0v) is 43.4. The summed E-state index contributed by atoms with van der Waals surface area (Å²) in [5, 5.41) is 8.34. The molecule has 0 bridgehead atoms. The van der Waals surface area contributed by atoms with Crippen molar-refractivity contribution in [2.24, 2.45) is 32.5 Å². The lowest BCUT2D eigenvalue weighted by atomic mass is 9.55. The number of ether oxygens (including phenoxy) is 2. The van der Waals surface area contributed by atoms with Crippen molar-refractivity contribution < 1.29 is 19.1 Å². The third-order valence-electron chi connectivity index (χ3n) is 14.3. The van der Waals surface area contributed by atoms with Crippen LogP contribution in [0.5, 0.6) is 5.75 Å². The van der Waals surface area contributed by atoms with E-state index in [9.17, 15) is 9.59 Å². The summed E-state index contributed by atoms with van der Waals surface area (Å²) in [4.78, 5) is 28.3. The molecular weight excluding hydrogens is 785 g/mol. The Morgan fingerprint density at radius 3 is 1.55 bits per heavy atom. The highest BCUT2D eigenvalue weighted by Crippen LogP contribution is 2.59. The van der Waals surface area contributed by atoms with E-state index in [1.165, 1.54) is 32.9 Å². The second-order valence-corrected chi connectivity index (χ2v) is 27.6. The molecule has 5 aromatic rings. The molecule has 64 heavy (non-hydrogen) atoms. The first-order valence-electron chi connectivity index (χ1n) is 24.1. The second kappa shape index (κ2) is 14.9. The Bertz CT molecular complexity index is 2750. The third-order valence-corrected chi connectivity index (χ3v) is 14.3. The van der Waals surface area contributed by atoms with Gasteiger partial charge in [-0.25, -0.2) is 9.59 Å². The lowest BCUT2D eigenvalue weighted by molar-refractivity contribution is -0.0467. The van der Waals surface area contributed by atoms with Gasteiger partial charge in [-0.3, -0.25) is 0 Å². The Morgan fingerprint density at radius 1 is 0.516 bits per heavy atom. The van der Waals surface area contributed by atoms with Gasteiger partial charge in [0.1, 0.15) is 11.4 Å². The number of benzene rings is 5. The first-order chi connectivity index (χ1) is 29.0. The van der Waals surface area contributed by atoms with Crippen LogP contribution in [0.3, 0.4) is 0 Å². The van der Waals surface area contributed by atoms with E-state index in [1.807, 2.05) is 12.1 Å². The van der Waals surface area contributed by atoms with E-state index in [0.717, 1.165) is 47.2 Å². The first-order valence-corrected chi connectivity index (χ1v) is 24.1. The van der Waals surface area contributed by atoms with Crippen LogP contribution in [0.15, 0.2) is 66.3 Å². The normalized spacial score (nSPS) is 18.5. The fourth-order valence-corrected chi connectivity index (χ4v) is 13.9. The number of hydrogen-bond acceptors (Lipinski definition) is 4. The van der Waals surface area contributed by atoms with Crippen molar-refractivity contribution in [3.8, 4) is 5.75 Å². The zero-order valence-electron chi connectivity index (χ0n) is 43.4. The van der Waals surface area contributed by atoms with Gasteiger partial charge in [0.15, 0.2) is 0 Å². The molecule has 1 aliphatic carbocycles. The third kappa shape index (κ3) is 8.43. The number of fused-ring (bicyclic) bond motifs is 2. The van der Waals surface area contributed by atoms with Crippen molar-refractivity contribution in [1.29, 1.82) is 0 Å². The van der Waals surface area contributed by atoms with Crippen molar-refractivity contribution in [1.82, 2.24) is 0 Å². The summed E-state index contributed by atoms with van der Waals surface area (Å²) in [6.07, 6.45) is 11.3. The minimum absolute atomic E-state index is 0.0128. The maximum Gasteiger partial charge on any atom is 0.346 e. The number of esters is 2. The molecule has 1 heterocycles.